The van der Waals surface area contributed by atoms with E-state index < -0.39 is 0 Å². The molecule has 2 heterocycles. The highest BCUT2D eigenvalue weighted by molar-refractivity contribution is 5.99. The first-order valence-corrected chi connectivity index (χ1v) is 9.69. The van der Waals surface area contributed by atoms with E-state index in [-0.39, 0.29) is 11.6 Å². The van der Waals surface area contributed by atoms with Crippen molar-refractivity contribution in [2.45, 2.75) is 6.42 Å². The number of nitrogen functional groups attached to an aromatic ring is 1. The number of fused-ring (bicyclic) bond motifs is 1. The predicted molar refractivity (Wildman–Crippen MR) is 119 cm³/mol. The minimum Gasteiger partial charge on any atom is -0.507 e. The summed E-state index contributed by atoms with van der Waals surface area (Å²) >= 11 is 0. The summed E-state index contributed by atoms with van der Waals surface area (Å²) in [5.41, 5.74) is 11.2. The molecule has 0 aliphatic heterocycles. The van der Waals surface area contributed by atoms with Crippen molar-refractivity contribution < 1.29 is 5.11 Å². The molecule has 0 radical (unpaired) electrons. The number of nitrogens with one attached hydrogen (secondary N) is 3. The Morgan fingerprint density at radius 3 is 2.55 bits per heavy atom. The van der Waals surface area contributed by atoms with Crippen LogP contribution in [0.3, 0.4) is 0 Å². The molecule has 3 aromatic carbocycles. The van der Waals surface area contributed by atoms with Crippen molar-refractivity contribution in [2.75, 3.05) is 0 Å². The molecule has 0 spiro atoms. The Labute approximate surface area is 177 Å². The number of hydrogen-bond donors (Lipinski definition) is 5. The van der Waals surface area contributed by atoms with E-state index in [9.17, 15) is 5.11 Å². The lowest BCUT2D eigenvalue weighted by Gasteiger charge is -2.12. The van der Waals surface area contributed by atoms with Crippen molar-refractivity contribution in [2.24, 2.45) is 5.73 Å². The molecule has 0 unspecified atom stereocenters. The second-order valence-electron chi connectivity index (χ2n) is 7.31. The Kier molecular flexibility index (Phi) is 4.44. The third-order valence-corrected chi connectivity index (χ3v) is 5.23. The average molecular weight is 409 g/mol. The standard InChI is InChI=1S/C23H19N7O/c24-23(25)15-6-7-19-16(11-15)12-20(26-19)18-9-13(10-21-27-29-30-28-21)8-17(22(18)31)14-4-2-1-3-5-14/h1-9,11-12,26,31H,10H2,(H3,24,25)(H,27,28,29,30). The summed E-state index contributed by atoms with van der Waals surface area (Å²) < 4.78 is 0. The van der Waals surface area contributed by atoms with Crippen LogP contribution < -0.4 is 5.73 Å². The number of phenols is 1. The molecule has 5 aromatic rings. The first-order valence-electron chi connectivity index (χ1n) is 9.69. The number of tetrazole rings is 1. The fourth-order valence-electron chi connectivity index (χ4n) is 3.72. The lowest BCUT2D eigenvalue weighted by Crippen LogP contribution is -2.10. The summed E-state index contributed by atoms with van der Waals surface area (Å²) in [7, 11) is 0. The van der Waals surface area contributed by atoms with Gasteiger partial charge in [0.2, 0.25) is 0 Å². The lowest BCUT2D eigenvalue weighted by molar-refractivity contribution is 0.479. The molecule has 0 saturated heterocycles. The van der Waals surface area contributed by atoms with Crippen molar-refractivity contribution in [3.05, 3.63) is 83.7 Å². The number of phenolic OH excluding ortho intramolecular Hbond substituents is 1. The molecule has 0 aliphatic rings. The van der Waals surface area contributed by atoms with Crippen LogP contribution in [0.25, 0.3) is 33.3 Å². The predicted octanol–water partition coefficient (Wildman–Crippen LogP) is 3.60. The van der Waals surface area contributed by atoms with Crippen molar-refractivity contribution in [1.82, 2.24) is 25.6 Å². The topological polar surface area (TPSA) is 140 Å². The molecule has 0 fully saturated rings. The van der Waals surface area contributed by atoms with Crippen LogP contribution in [0.2, 0.25) is 0 Å². The number of H-pyrrole nitrogens is 2. The van der Waals surface area contributed by atoms with Gasteiger partial charge in [0.25, 0.3) is 0 Å². The van der Waals surface area contributed by atoms with Crippen LogP contribution in [0.15, 0.2) is 66.7 Å². The molecule has 6 N–H and O–H groups in total. The zero-order valence-electron chi connectivity index (χ0n) is 16.4. The molecule has 31 heavy (non-hydrogen) atoms. The van der Waals surface area contributed by atoms with Gasteiger partial charge in [-0.2, -0.15) is 5.21 Å². The molecular formula is C23H19N7O. The van der Waals surface area contributed by atoms with Crippen LogP contribution in [0.4, 0.5) is 0 Å². The number of nitrogens with two attached hydrogens (primary N) is 1. The summed E-state index contributed by atoms with van der Waals surface area (Å²) in [5.74, 6) is 0.765. The van der Waals surface area contributed by atoms with Crippen molar-refractivity contribution >= 4 is 16.7 Å². The summed E-state index contributed by atoms with van der Waals surface area (Å²) in [6, 6.07) is 21.1. The maximum absolute atomic E-state index is 11.2. The molecule has 8 heteroatoms. The van der Waals surface area contributed by atoms with E-state index >= 15 is 0 Å². The molecule has 2 aromatic heterocycles. The van der Waals surface area contributed by atoms with Gasteiger partial charge in [0, 0.05) is 34.0 Å². The number of rotatable bonds is 5. The number of nitrogens with zero attached hydrogens (tertiary/aromatic N) is 3. The zero-order valence-corrected chi connectivity index (χ0v) is 16.4. The maximum Gasteiger partial charge on any atom is 0.178 e. The Morgan fingerprint density at radius 1 is 1.00 bits per heavy atom. The molecule has 152 valence electrons. The molecular weight excluding hydrogens is 390 g/mol. The number of benzene rings is 3. The Morgan fingerprint density at radius 2 is 1.81 bits per heavy atom. The second kappa shape index (κ2) is 7.42. The molecule has 8 nitrogen and oxygen atoms in total. The number of aromatic amines is 2. The smallest absolute Gasteiger partial charge is 0.178 e. The van der Waals surface area contributed by atoms with Gasteiger partial charge in [-0.1, -0.05) is 35.5 Å². The summed E-state index contributed by atoms with van der Waals surface area (Å²) in [4.78, 5) is 3.36. The van der Waals surface area contributed by atoms with Gasteiger partial charge in [0.05, 0.1) is 5.69 Å². The third-order valence-electron chi connectivity index (χ3n) is 5.23. The fourth-order valence-corrected chi connectivity index (χ4v) is 3.72. The van der Waals surface area contributed by atoms with Crippen LogP contribution in [-0.4, -0.2) is 36.6 Å². The third kappa shape index (κ3) is 3.51. The van der Waals surface area contributed by atoms with Crippen LogP contribution in [-0.2, 0) is 6.42 Å². The Hall–Kier alpha value is -4.46. The van der Waals surface area contributed by atoms with E-state index in [2.05, 4.69) is 25.6 Å². The van der Waals surface area contributed by atoms with Gasteiger partial charge in [-0.3, -0.25) is 5.41 Å². The van der Waals surface area contributed by atoms with Gasteiger partial charge >= 0.3 is 0 Å². The van der Waals surface area contributed by atoms with Gasteiger partial charge in [0.1, 0.15) is 11.6 Å². The van der Waals surface area contributed by atoms with E-state index in [4.69, 9.17) is 11.1 Å². The number of aromatic hydroxyl groups is 1. The highest BCUT2D eigenvalue weighted by Crippen LogP contribution is 2.40. The van der Waals surface area contributed by atoms with E-state index in [1.807, 2.05) is 60.7 Å². The first-order chi connectivity index (χ1) is 15.1. The highest BCUT2D eigenvalue weighted by Gasteiger charge is 2.16. The van der Waals surface area contributed by atoms with Crippen molar-refractivity contribution in [3.63, 3.8) is 0 Å². The van der Waals surface area contributed by atoms with Gasteiger partial charge in [-0.05, 0) is 47.5 Å². The lowest BCUT2D eigenvalue weighted by atomic mass is 9.95. The van der Waals surface area contributed by atoms with Crippen LogP contribution in [0, 0.1) is 5.41 Å². The molecule has 0 aliphatic carbocycles. The summed E-state index contributed by atoms with van der Waals surface area (Å²) in [6.45, 7) is 0. The first kappa shape index (κ1) is 18.6. The minimum absolute atomic E-state index is 0.0148. The molecule has 5 rings (SSSR count). The normalized spacial score (nSPS) is 11.1. The monoisotopic (exact) mass is 409 g/mol. The van der Waals surface area contributed by atoms with E-state index in [1.165, 1.54) is 0 Å². The van der Waals surface area contributed by atoms with Gasteiger partial charge < -0.3 is 15.8 Å². The minimum atomic E-state index is 0.0148. The van der Waals surface area contributed by atoms with Gasteiger partial charge in [0.15, 0.2) is 5.82 Å². The van der Waals surface area contributed by atoms with E-state index in [0.717, 1.165) is 33.3 Å². The second-order valence-corrected chi connectivity index (χ2v) is 7.31. The van der Waals surface area contributed by atoms with E-state index in [0.29, 0.717) is 23.4 Å². The largest absolute Gasteiger partial charge is 0.507 e. The summed E-state index contributed by atoms with van der Waals surface area (Å²) in [5, 5.41) is 34.0. The quantitative estimate of drug-likeness (QED) is 0.223. The maximum atomic E-state index is 11.2. The Bertz CT molecular complexity index is 1390. The number of hydrogen-bond acceptors (Lipinski definition) is 5. The van der Waals surface area contributed by atoms with Gasteiger partial charge in [-0.25, -0.2) is 0 Å². The highest BCUT2D eigenvalue weighted by atomic mass is 16.3. The average Bonchev–Trinajstić information content (AvgIpc) is 3.44. The van der Waals surface area contributed by atoms with Crippen LogP contribution in [0.5, 0.6) is 5.75 Å². The fraction of sp³-hybridized carbons (Fsp3) is 0.0435. The molecule has 0 amide bonds. The number of amidine groups is 1. The van der Waals surface area contributed by atoms with Crippen molar-refractivity contribution in [1.29, 1.82) is 5.41 Å². The van der Waals surface area contributed by atoms with Crippen LogP contribution in [0.1, 0.15) is 17.0 Å². The van der Waals surface area contributed by atoms with Crippen LogP contribution >= 0.6 is 0 Å². The Balaban J connectivity index is 1.68. The SMILES string of the molecule is N=C(N)c1ccc2[nH]c(-c3cc(Cc4nn[nH]n4)cc(-c4ccccc4)c3O)cc2c1. The summed E-state index contributed by atoms with van der Waals surface area (Å²) in [6.07, 6.45) is 0.471. The molecule has 0 bridgehead atoms. The zero-order chi connectivity index (χ0) is 21.4. The van der Waals surface area contributed by atoms with E-state index in [1.54, 1.807) is 6.07 Å². The van der Waals surface area contributed by atoms with Gasteiger partial charge in [-0.15, -0.1) is 10.2 Å². The number of aromatic nitrogens is 5. The van der Waals surface area contributed by atoms with Crippen molar-refractivity contribution in [3.8, 4) is 28.1 Å². The molecule has 0 saturated carbocycles. The molecule has 0 atom stereocenters.